The van der Waals surface area contributed by atoms with E-state index in [-0.39, 0.29) is 11.8 Å². The number of alkyl halides is 2. The maximum absolute atomic E-state index is 6.90. The number of benzene rings is 2. The first-order valence-corrected chi connectivity index (χ1v) is 9.96. The van der Waals surface area contributed by atoms with Crippen molar-refractivity contribution < 1.29 is 4.74 Å². The van der Waals surface area contributed by atoms with Gasteiger partial charge in [-0.05, 0) is 35.6 Å². The lowest BCUT2D eigenvalue weighted by Gasteiger charge is -2.31. The zero-order chi connectivity index (χ0) is 17.2. The largest absolute Gasteiger partial charge is 0.478 e. The van der Waals surface area contributed by atoms with Crippen LogP contribution in [0.3, 0.4) is 0 Å². The second kappa shape index (κ2) is 5.26. The molecule has 3 aromatic rings. The van der Waals surface area contributed by atoms with Crippen molar-refractivity contribution in [3.8, 4) is 5.75 Å². The maximum atomic E-state index is 6.90. The van der Waals surface area contributed by atoms with Crippen LogP contribution in [-0.4, -0.2) is 4.33 Å². The molecule has 0 bridgehead atoms. The van der Waals surface area contributed by atoms with Crippen molar-refractivity contribution in [1.29, 1.82) is 0 Å². The van der Waals surface area contributed by atoms with E-state index >= 15 is 0 Å². The molecule has 3 atom stereocenters. The van der Waals surface area contributed by atoms with Gasteiger partial charge in [0.05, 0.1) is 10.8 Å². The van der Waals surface area contributed by atoms with Gasteiger partial charge in [0, 0.05) is 11.5 Å². The molecule has 25 heavy (non-hydrogen) atoms. The molecule has 0 saturated heterocycles. The zero-order valence-electron chi connectivity index (χ0n) is 13.6. The molecule has 1 fully saturated rings. The van der Waals surface area contributed by atoms with Gasteiger partial charge in [0.15, 0.2) is 9.93 Å². The third-order valence-electron chi connectivity index (χ3n) is 5.51. The second-order valence-electron chi connectivity index (χ2n) is 6.79. The molecule has 0 spiro atoms. The van der Waals surface area contributed by atoms with Gasteiger partial charge >= 0.3 is 0 Å². The lowest BCUT2D eigenvalue weighted by atomic mass is 9.81. The van der Waals surface area contributed by atoms with E-state index in [1.165, 1.54) is 11.1 Å². The normalized spacial score (nSPS) is 28.6. The Hall–Kier alpha value is -1.48. The Morgan fingerprint density at radius 2 is 1.64 bits per heavy atom. The molecule has 1 aliphatic heterocycles. The number of halogens is 2. The summed E-state index contributed by atoms with van der Waals surface area (Å²) in [6.07, 6.45) is 0. The molecule has 1 nitrogen and oxygen atoms in total. The molecule has 0 N–H and O–H groups in total. The first-order chi connectivity index (χ1) is 12.1. The Balaban J connectivity index is 1.77. The van der Waals surface area contributed by atoms with Crippen molar-refractivity contribution in [2.75, 3.05) is 0 Å². The van der Waals surface area contributed by atoms with Crippen LogP contribution in [0.15, 0.2) is 66.0 Å². The number of thiophene rings is 1. The van der Waals surface area contributed by atoms with Gasteiger partial charge in [-0.3, -0.25) is 0 Å². The lowest BCUT2D eigenvalue weighted by molar-refractivity contribution is 0.141. The zero-order valence-corrected chi connectivity index (χ0v) is 15.9. The number of hydrogen-bond acceptors (Lipinski definition) is 2. The SMILES string of the molecule is Cc1ccccc1[C@@H]1c2ccccc2O[C@]2(c3cccs3)[C@H]1C2(Cl)Cl. The third kappa shape index (κ3) is 1.96. The molecule has 5 rings (SSSR count). The van der Waals surface area contributed by atoms with Gasteiger partial charge in [0.25, 0.3) is 0 Å². The highest BCUT2D eigenvalue weighted by atomic mass is 35.5. The Labute approximate surface area is 161 Å². The van der Waals surface area contributed by atoms with Crippen LogP contribution in [0.4, 0.5) is 0 Å². The van der Waals surface area contributed by atoms with Crippen LogP contribution in [0, 0.1) is 12.8 Å². The summed E-state index contributed by atoms with van der Waals surface area (Å²) >= 11 is 15.4. The Morgan fingerprint density at radius 3 is 2.36 bits per heavy atom. The molecular formula is C21H16Cl2OS. The fourth-order valence-electron chi connectivity index (χ4n) is 4.31. The van der Waals surface area contributed by atoms with E-state index in [1.807, 2.05) is 18.2 Å². The molecule has 1 saturated carbocycles. The van der Waals surface area contributed by atoms with Crippen molar-refractivity contribution in [1.82, 2.24) is 0 Å². The highest BCUT2D eigenvalue weighted by Crippen LogP contribution is 2.77. The molecule has 1 aromatic heterocycles. The molecule has 2 aliphatic rings. The van der Waals surface area contributed by atoms with E-state index in [1.54, 1.807) is 11.3 Å². The summed E-state index contributed by atoms with van der Waals surface area (Å²) in [5.41, 5.74) is 3.01. The monoisotopic (exact) mass is 386 g/mol. The van der Waals surface area contributed by atoms with E-state index in [2.05, 4.69) is 54.8 Å². The first-order valence-electron chi connectivity index (χ1n) is 8.32. The van der Waals surface area contributed by atoms with Gasteiger partial charge in [0.1, 0.15) is 5.75 Å². The van der Waals surface area contributed by atoms with Crippen LogP contribution < -0.4 is 4.74 Å². The summed E-state index contributed by atoms with van der Waals surface area (Å²) in [5, 5.41) is 2.05. The summed E-state index contributed by atoms with van der Waals surface area (Å²) in [5.74, 6) is 0.977. The minimum Gasteiger partial charge on any atom is -0.478 e. The first kappa shape index (κ1) is 15.7. The summed E-state index contributed by atoms with van der Waals surface area (Å²) in [6, 6.07) is 20.8. The van der Waals surface area contributed by atoms with E-state index < -0.39 is 9.93 Å². The van der Waals surface area contributed by atoms with Crippen LogP contribution in [0.25, 0.3) is 0 Å². The molecule has 0 radical (unpaired) electrons. The van der Waals surface area contributed by atoms with Gasteiger partial charge in [-0.1, -0.05) is 71.7 Å². The highest BCUT2D eigenvalue weighted by molar-refractivity contribution is 7.10. The fraction of sp³-hybridized carbons (Fsp3) is 0.238. The predicted molar refractivity (Wildman–Crippen MR) is 104 cm³/mol. The minimum atomic E-state index is -0.955. The van der Waals surface area contributed by atoms with Crippen molar-refractivity contribution in [2.45, 2.75) is 22.8 Å². The van der Waals surface area contributed by atoms with Gasteiger partial charge in [-0.2, -0.15) is 0 Å². The summed E-state index contributed by atoms with van der Waals surface area (Å²) in [6.45, 7) is 2.15. The number of fused-ring (bicyclic) bond motifs is 2. The van der Waals surface area contributed by atoms with Crippen molar-refractivity contribution in [3.05, 3.63) is 87.6 Å². The highest BCUT2D eigenvalue weighted by Gasteiger charge is 2.84. The molecular weight excluding hydrogens is 371 g/mol. The predicted octanol–water partition coefficient (Wildman–Crippen LogP) is 6.28. The Morgan fingerprint density at radius 1 is 0.920 bits per heavy atom. The van der Waals surface area contributed by atoms with E-state index in [9.17, 15) is 0 Å². The van der Waals surface area contributed by atoms with Crippen LogP contribution in [0.2, 0.25) is 0 Å². The molecule has 0 unspecified atom stereocenters. The average molecular weight is 387 g/mol. The molecule has 2 heterocycles. The van der Waals surface area contributed by atoms with Gasteiger partial charge in [-0.25, -0.2) is 0 Å². The van der Waals surface area contributed by atoms with Crippen molar-refractivity contribution in [3.63, 3.8) is 0 Å². The third-order valence-corrected chi connectivity index (χ3v) is 7.53. The number of aryl methyl sites for hydroxylation is 1. The number of ether oxygens (including phenoxy) is 1. The van der Waals surface area contributed by atoms with Crippen molar-refractivity contribution in [2.24, 2.45) is 5.92 Å². The molecule has 1 aliphatic carbocycles. The van der Waals surface area contributed by atoms with E-state index in [4.69, 9.17) is 27.9 Å². The Kier molecular flexibility index (Phi) is 3.31. The number of hydrogen-bond donors (Lipinski definition) is 0. The standard InChI is InChI=1S/C21H16Cl2OS/c1-13-7-2-3-8-14(13)18-15-9-4-5-10-16(15)24-20(17-11-6-12-25-17)19(18)21(20,22)23/h2-12,18-19H,1H3/t18-,19+,20-/m1/s1. The lowest BCUT2D eigenvalue weighted by Crippen LogP contribution is -2.28. The molecule has 4 heteroatoms. The van der Waals surface area contributed by atoms with E-state index in [0.29, 0.717) is 0 Å². The number of para-hydroxylation sites is 1. The Bertz CT molecular complexity index is 950. The van der Waals surface area contributed by atoms with Crippen LogP contribution in [0.5, 0.6) is 5.75 Å². The van der Waals surface area contributed by atoms with Crippen LogP contribution in [0.1, 0.15) is 27.5 Å². The van der Waals surface area contributed by atoms with Crippen LogP contribution >= 0.6 is 34.5 Å². The summed E-state index contributed by atoms with van der Waals surface area (Å²) in [4.78, 5) is 1.09. The molecule has 2 aromatic carbocycles. The quantitative estimate of drug-likeness (QED) is 0.470. The molecule has 126 valence electrons. The van der Waals surface area contributed by atoms with Gasteiger partial charge < -0.3 is 4.74 Å². The second-order valence-corrected chi connectivity index (χ2v) is 9.12. The molecule has 0 amide bonds. The van der Waals surface area contributed by atoms with E-state index in [0.717, 1.165) is 16.2 Å². The topological polar surface area (TPSA) is 9.23 Å². The summed E-state index contributed by atoms with van der Waals surface area (Å²) in [7, 11) is 0. The fourth-order valence-corrected chi connectivity index (χ4v) is 6.35. The van der Waals surface area contributed by atoms with Crippen molar-refractivity contribution >= 4 is 34.5 Å². The van der Waals surface area contributed by atoms with Crippen LogP contribution in [-0.2, 0) is 5.60 Å². The average Bonchev–Trinajstić information content (AvgIpc) is 2.98. The maximum Gasteiger partial charge on any atom is 0.183 e. The number of rotatable bonds is 2. The van der Waals surface area contributed by atoms with Gasteiger partial charge in [-0.15, -0.1) is 11.3 Å². The van der Waals surface area contributed by atoms with Gasteiger partial charge in [0.2, 0.25) is 0 Å². The smallest absolute Gasteiger partial charge is 0.183 e. The summed E-state index contributed by atoms with van der Waals surface area (Å²) < 4.78 is 5.54. The minimum absolute atomic E-state index is 0.0158.